The molecule has 19 heavy (non-hydrogen) atoms. The van der Waals surface area contributed by atoms with Crippen LogP contribution in [0.5, 0.6) is 5.75 Å². The first kappa shape index (κ1) is 12.6. The van der Waals surface area contributed by atoms with Crippen LogP contribution in [0.25, 0.3) is 0 Å². The van der Waals surface area contributed by atoms with Crippen LogP contribution in [0.4, 0.5) is 5.69 Å². The standard InChI is InChI=1S/C12H11N3O4/c13-7-1-3-8(4-2-7)19-6-10-14-5-9(12(17)18)11(16)15-10/h1-5H,6,13H2,(H,17,18)(H,14,15,16). The molecule has 0 spiro atoms. The molecule has 0 aliphatic heterocycles. The Hall–Kier alpha value is -2.83. The highest BCUT2D eigenvalue weighted by Gasteiger charge is 2.09. The topological polar surface area (TPSA) is 118 Å². The third-order valence-electron chi connectivity index (χ3n) is 2.34. The van der Waals surface area contributed by atoms with Crippen molar-refractivity contribution in [3.05, 3.63) is 52.2 Å². The number of H-pyrrole nitrogens is 1. The first-order chi connectivity index (χ1) is 9.06. The molecule has 7 nitrogen and oxygen atoms in total. The Balaban J connectivity index is 2.08. The Labute approximate surface area is 107 Å². The van der Waals surface area contributed by atoms with Gasteiger partial charge in [-0.2, -0.15) is 0 Å². The average Bonchev–Trinajstić information content (AvgIpc) is 2.37. The summed E-state index contributed by atoms with van der Waals surface area (Å²) < 4.78 is 5.37. The summed E-state index contributed by atoms with van der Waals surface area (Å²) in [4.78, 5) is 28.2. The summed E-state index contributed by atoms with van der Waals surface area (Å²) in [5.74, 6) is -0.509. The van der Waals surface area contributed by atoms with Crippen LogP contribution in [0, 0.1) is 0 Å². The second-order valence-corrected chi connectivity index (χ2v) is 3.74. The van der Waals surface area contributed by atoms with Gasteiger partial charge in [-0.05, 0) is 24.3 Å². The van der Waals surface area contributed by atoms with Crippen molar-refractivity contribution in [2.45, 2.75) is 6.61 Å². The zero-order chi connectivity index (χ0) is 13.8. The lowest BCUT2D eigenvalue weighted by molar-refractivity contribution is 0.0694. The lowest BCUT2D eigenvalue weighted by Crippen LogP contribution is -2.20. The molecule has 0 unspecified atom stereocenters. The van der Waals surface area contributed by atoms with Gasteiger partial charge < -0.3 is 20.6 Å². The Morgan fingerprint density at radius 3 is 2.63 bits per heavy atom. The summed E-state index contributed by atoms with van der Waals surface area (Å²) in [6.45, 7) is 0.0268. The van der Waals surface area contributed by atoms with Crippen molar-refractivity contribution >= 4 is 11.7 Å². The maximum absolute atomic E-state index is 11.4. The zero-order valence-electron chi connectivity index (χ0n) is 9.79. The molecule has 2 rings (SSSR count). The van der Waals surface area contributed by atoms with Crippen LogP contribution in [0.3, 0.4) is 0 Å². The van der Waals surface area contributed by atoms with Gasteiger partial charge >= 0.3 is 5.97 Å². The summed E-state index contributed by atoms with van der Waals surface area (Å²) in [5, 5.41) is 8.69. The van der Waals surface area contributed by atoms with Crippen LogP contribution in [0.1, 0.15) is 16.2 Å². The number of carbonyl (C=O) groups is 1. The molecule has 1 aromatic carbocycles. The van der Waals surface area contributed by atoms with E-state index in [-0.39, 0.29) is 12.4 Å². The largest absolute Gasteiger partial charge is 0.486 e. The Kier molecular flexibility index (Phi) is 3.46. The molecule has 0 saturated carbocycles. The molecule has 1 heterocycles. The Bertz CT molecular complexity index is 649. The molecule has 4 N–H and O–H groups in total. The summed E-state index contributed by atoms with van der Waals surface area (Å²) in [5.41, 5.74) is 5.03. The van der Waals surface area contributed by atoms with E-state index >= 15 is 0 Å². The number of anilines is 1. The highest BCUT2D eigenvalue weighted by molar-refractivity contribution is 5.86. The van der Waals surface area contributed by atoms with Gasteiger partial charge in [0.1, 0.15) is 23.7 Å². The predicted octanol–water partition coefficient (Wildman–Crippen LogP) is 0.629. The van der Waals surface area contributed by atoms with Gasteiger partial charge in [-0.25, -0.2) is 9.78 Å². The van der Waals surface area contributed by atoms with Crippen molar-refractivity contribution in [3.63, 3.8) is 0 Å². The number of aromatic nitrogens is 2. The maximum atomic E-state index is 11.4. The molecule has 0 bridgehead atoms. The quantitative estimate of drug-likeness (QED) is 0.694. The van der Waals surface area contributed by atoms with Gasteiger partial charge in [0, 0.05) is 11.9 Å². The second-order valence-electron chi connectivity index (χ2n) is 3.74. The molecule has 0 radical (unpaired) electrons. The molecule has 2 aromatic rings. The number of carboxylic acid groups (broad SMARTS) is 1. The smallest absolute Gasteiger partial charge is 0.342 e. The van der Waals surface area contributed by atoms with Gasteiger partial charge in [0.15, 0.2) is 0 Å². The van der Waals surface area contributed by atoms with Gasteiger partial charge in [0.25, 0.3) is 5.56 Å². The Morgan fingerprint density at radius 2 is 2.05 bits per heavy atom. The summed E-state index contributed by atoms with van der Waals surface area (Å²) in [7, 11) is 0. The van der Waals surface area contributed by atoms with Gasteiger partial charge in [-0.1, -0.05) is 0 Å². The van der Waals surface area contributed by atoms with Gasteiger partial charge in [-0.3, -0.25) is 4.79 Å². The predicted molar refractivity (Wildman–Crippen MR) is 67.0 cm³/mol. The molecule has 0 atom stereocenters. The molecule has 0 amide bonds. The number of aromatic amines is 1. The van der Waals surface area contributed by atoms with Crippen LogP contribution in [0.2, 0.25) is 0 Å². The minimum Gasteiger partial charge on any atom is -0.486 e. The number of benzene rings is 1. The first-order valence-electron chi connectivity index (χ1n) is 5.36. The normalized spacial score (nSPS) is 10.1. The third kappa shape index (κ3) is 3.09. The van der Waals surface area contributed by atoms with Crippen LogP contribution in [-0.2, 0) is 6.61 Å². The van der Waals surface area contributed by atoms with Crippen molar-refractivity contribution in [1.82, 2.24) is 9.97 Å². The van der Waals surface area contributed by atoms with E-state index in [4.69, 9.17) is 15.6 Å². The number of carboxylic acids is 1. The summed E-state index contributed by atoms with van der Waals surface area (Å²) >= 11 is 0. The van der Waals surface area contributed by atoms with Crippen molar-refractivity contribution in [2.24, 2.45) is 0 Å². The fourth-order valence-electron chi connectivity index (χ4n) is 1.37. The van der Waals surface area contributed by atoms with E-state index < -0.39 is 17.1 Å². The number of ether oxygens (including phenoxy) is 1. The number of nitrogens with two attached hydrogens (primary N) is 1. The van der Waals surface area contributed by atoms with E-state index in [2.05, 4.69) is 9.97 Å². The average molecular weight is 261 g/mol. The molecule has 98 valence electrons. The number of aromatic carboxylic acids is 1. The van der Waals surface area contributed by atoms with Gasteiger partial charge in [0.2, 0.25) is 0 Å². The molecule has 0 fully saturated rings. The monoisotopic (exact) mass is 261 g/mol. The second kappa shape index (κ2) is 5.21. The minimum absolute atomic E-state index is 0.0268. The van der Waals surface area contributed by atoms with Crippen LogP contribution < -0.4 is 16.0 Å². The number of nitrogens with zero attached hydrogens (tertiary/aromatic N) is 1. The van der Waals surface area contributed by atoms with Crippen LogP contribution in [-0.4, -0.2) is 21.0 Å². The van der Waals surface area contributed by atoms with Crippen LogP contribution >= 0.6 is 0 Å². The van der Waals surface area contributed by atoms with E-state index in [1.807, 2.05) is 0 Å². The maximum Gasteiger partial charge on any atom is 0.342 e. The van der Waals surface area contributed by atoms with E-state index in [0.717, 1.165) is 6.20 Å². The fraction of sp³-hybridized carbons (Fsp3) is 0.0833. The van der Waals surface area contributed by atoms with Crippen molar-refractivity contribution < 1.29 is 14.6 Å². The first-order valence-corrected chi connectivity index (χ1v) is 5.36. The summed E-state index contributed by atoms with van der Waals surface area (Å²) in [6, 6.07) is 6.72. The molecule has 7 heteroatoms. The number of nitrogen functional groups attached to an aromatic ring is 1. The van der Waals surface area contributed by atoms with Gasteiger partial charge in [0.05, 0.1) is 0 Å². The van der Waals surface area contributed by atoms with E-state index in [9.17, 15) is 9.59 Å². The number of nitrogens with one attached hydrogen (secondary N) is 1. The SMILES string of the molecule is Nc1ccc(OCc2ncc(C(=O)O)c(=O)[nH]2)cc1. The van der Waals surface area contributed by atoms with Gasteiger partial charge in [-0.15, -0.1) is 0 Å². The molecule has 1 aromatic heterocycles. The number of hydrogen-bond acceptors (Lipinski definition) is 5. The molecular weight excluding hydrogens is 250 g/mol. The third-order valence-corrected chi connectivity index (χ3v) is 2.34. The van der Waals surface area contributed by atoms with E-state index in [0.29, 0.717) is 11.4 Å². The van der Waals surface area contributed by atoms with E-state index in [1.165, 1.54) is 0 Å². The highest BCUT2D eigenvalue weighted by atomic mass is 16.5. The molecule has 0 saturated heterocycles. The van der Waals surface area contributed by atoms with Crippen molar-refractivity contribution in [1.29, 1.82) is 0 Å². The molecule has 0 aliphatic rings. The number of rotatable bonds is 4. The van der Waals surface area contributed by atoms with Crippen LogP contribution in [0.15, 0.2) is 35.3 Å². The van der Waals surface area contributed by atoms with Crippen molar-refractivity contribution in [2.75, 3.05) is 5.73 Å². The summed E-state index contributed by atoms with van der Waals surface area (Å²) in [6.07, 6.45) is 1.00. The lowest BCUT2D eigenvalue weighted by atomic mass is 10.3. The fourth-order valence-corrected chi connectivity index (χ4v) is 1.37. The molecular formula is C12H11N3O4. The van der Waals surface area contributed by atoms with Crippen molar-refractivity contribution in [3.8, 4) is 5.75 Å². The molecule has 0 aliphatic carbocycles. The Morgan fingerprint density at radius 1 is 1.37 bits per heavy atom. The highest BCUT2D eigenvalue weighted by Crippen LogP contribution is 2.13. The number of hydrogen-bond donors (Lipinski definition) is 3. The minimum atomic E-state index is -1.32. The lowest BCUT2D eigenvalue weighted by Gasteiger charge is -2.05. The van der Waals surface area contributed by atoms with E-state index in [1.54, 1.807) is 24.3 Å². The zero-order valence-corrected chi connectivity index (χ0v) is 9.79.